The molecule has 8 nitrogen and oxygen atoms in total. The summed E-state index contributed by atoms with van der Waals surface area (Å²) >= 11 is 1.33. The van der Waals surface area contributed by atoms with Gasteiger partial charge in [0.15, 0.2) is 0 Å². The number of aryl methyl sites for hydroxylation is 1. The average Bonchev–Trinajstić information content (AvgIpc) is 3.31. The van der Waals surface area contributed by atoms with Gasteiger partial charge in [0.1, 0.15) is 11.6 Å². The van der Waals surface area contributed by atoms with Crippen LogP contribution in [0.5, 0.6) is 0 Å². The molecular formula is C26H20N4O4S. The number of carbonyl (C=O) groups excluding carboxylic acids is 2. The van der Waals surface area contributed by atoms with Crippen molar-refractivity contribution in [3.05, 3.63) is 105 Å². The van der Waals surface area contributed by atoms with Gasteiger partial charge in [-0.2, -0.15) is 9.61 Å². The summed E-state index contributed by atoms with van der Waals surface area (Å²) in [6.07, 6.45) is 0.705. The van der Waals surface area contributed by atoms with Crippen molar-refractivity contribution < 1.29 is 14.3 Å². The van der Waals surface area contributed by atoms with Crippen LogP contribution in [-0.4, -0.2) is 26.5 Å². The van der Waals surface area contributed by atoms with Gasteiger partial charge in [-0.25, -0.2) is 9.78 Å². The zero-order chi connectivity index (χ0) is 24.4. The molecule has 0 bridgehead atoms. The van der Waals surface area contributed by atoms with E-state index in [-0.39, 0.29) is 18.1 Å². The van der Waals surface area contributed by atoms with Crippen LogP contribution in [0, 0.1) is 0 Å². The highest BCUT2D eigenvalue weighted by atomic mass is 32.1. The lowest BCUT2D eigenvalue weighted by atomic mass is 10.0. The Bertz CT molecular complexity index is 1620. The quantitative estimate of drug-likeness (QED) is 0.357. The highest BCUT2D eigenvalue weighted by Crippen LogP contribution is 2.20. The summed E-state index contributed by atoms with van der Waals surface area (Å²) in [6, 6.07) is 21.0. The number of esters is 1. The standard InChI is InChI=1S/C26H20N4O4S/c1-2-22-29-30-23(31)14-19(28-26(30)35-22)15-34-25(33)17-10-12-18(13-11-17)27-24(32)21-9-5-7-16-6-3-4-8-20(16)21/h3-14H,2,15H2,1H3,(H,27,32). The molecule has 3 aromatic carbocycles. The minimum atomic E-state index is -0.558. The number of fused-ring (bicyclic) bond motifs is 2. The summed E-state index contributed by atoms with van der Waals surface area (Å²) < 4.78 is 6.59. The van der Waals surface area contributed by atoms with E-state index in [1.54, 1.807) is 30.3 Å². The van der Waals surface area contributed by atoms with Crippen LogP contribution < -0.4 is 10.9 Å². The molecule has 9 heteroatoms. The van der Waals surface area contributed by atoms with E-state index < -0.39 is 5.97 Å². The fraction of sp³-hybridized carbons (Fsp3) is 0.115. The Labute approximate surface area is 203 Å². The van der Waals surface area contributed by atoms with Crippen molar-refractivity contribution in [1.82, 2.24) is 14.6 Å². The Balaban J connectivity index is 1.25. The number of aromatic nitrogens is 3. The number of hydrogen-bond acceptors (Lipinski definition) is 7. The Morgan fingerprint density at radius 3 is 2.60 bits per heavy atom. The normalized spacial score (nSPS) is 11.0. The molecule has 5 aromatic rings. The van der Waals surface area contributed by atoms with Crippen LogP contribution in [0.25, 0.3) is 15.7 Å². The van der Waals surface area contributed by atoms with E-state index in [4.69, 9.17) is 4.74 Å². The number of rotatable bonds is 6. The molecule has 0 aliphatic heterocycles. The maximum Gasteiger partial charge on any atom is 0.338 e. The van der Waals surface area contributed by atoms with E-state index >= 15 is 0 Å². The SMILES string of the molecule is CCc1nn2c(=O)cc(COC(=O)c3ccc(NC(=O)c4cccc5ccccc45)cc3)nc2s1. The minimum Gasteiger partial charge on any atom is -0.456 e. The van der Waals surface area contributed by atoms with Crippen molar-refractivity contribution in [1.29, 1.82) is 0 Å². The first kappa shape index (κ1) is 22.4. The van der Waals surface area contributed by atoms with Crippen molar-refractivity contribution in [2.45, 2.75) is 20.0 Å². The first-order chi connectivity index (χ1) is 17.0. The topological polar surface area (TPSA) is 103 Å². The van der Waals surface area contributed by atoms with Crippen LogP contribution in [0.2, 0.25) is 0 Å². The minimum absolute atomic E-state index is 0.135. The molecule has 0 saturated carbocycles. The summed E-state index contributed by atoms with van der Waals surface area (Å²) in [7, 11) is 0. The third-order valence-corrected chi connectivity index (χ3v) is 6.46. The number of nitrogens with zero attached hydrogens (tertiary/aromatic N) is 3. The van der Waals surface area contributed by atoms with E-state index in [9.17, 15) is 14.4 Å². The first-order valence-electron chi connectivity index (χ1n) is 11.0. The smallest absolute Gasteiger partial charge is 0.338 e. The number of carbonyl (C=O) groups is 2. The number of anilines is 1. The second-order valence-corrected chi connectivity index (χ2v) is 8.80. The summed E-state index contributed by atoms with van der Waals surface area (Å²) in [4.78, 5) is 42.4. The highest BCUT2D eigenvalue weighted by molar-refractivity contribution is 7.16. The van der Waals surface area contributed by atoms with Crippen LogP contribution in [-0.2, 0) is 17.8 Å². The molecule has 0 spiro atoms. The third-order valence-electron chi connectivity index (χ3n) is 5.41. The fourth-order valence-corrected chi connectivity index (χ4v) is 4.50. The second kappa shape index (κ2) is 9.47. The second-order valence-electron chi connectivity index (χ2n) is 7.76. The van der Waals surface area contributed by atoms with E-state index in [1.807, 2.05) is 43.3 Å². The molecule has 0 aliphatic rings. The molecule has 0 saturated heterocycles. The predicted octanol–water partition coefficient (Wildman–Crippen LogP) is 4.48. The van der Waals surface area contributed by atoms with Crippen molar-refractivity contribution in [3.8, 4) is 0 Å². The summed E-state index contributed by atoms with van der Waals surface area (Å²) in [5, 5.41) is 9.71. The van der Waals surface area contributed by atoms with Crippen LogP contribution in [0.15, 0.2) is 77.6 Å². The molecule has 2 aromatic heterocycles. The number of nitrogens with one attached hydrogen (secondary N) is 1. The van der Waals surface area contributed by atoms with Crippen LogP contribution in [0.1, 0.15) is 38.3 Å². The van der Waals surface area contributed by atoms with Gasteiger partial charge in [0, 0.05) is 17.3 Å². The molecule has 1 amide bonds. The van der Waals surface area contributed by atoms with E-state index in [0.717, 1.165) is 15.8 Å². The summed E-state index contributed by atoms with van der Waals surface area (Å²) in [5.41, 5.74) is 1.48. The fourth-order valence-electron chi connectivity index (χ4n) is 3.65. The maximum absolute atomic E-state index is 12.8. The average molecular weight is 485 g/mol. The first-order valence-corrected chi connectivity index (χ1v) is 11.8. The van der Waals surface area contributed by atoms with Gasteiger partial charge in [-0.15, -0.1) is 0 Å². The number of amides is 1. The summed E-state index contributed by atoms with van der Waals surface area (Å²) in [6.45, 7) is 1.81. The number of benzene rings is 3. The summed E-state index contributed by atoms with van der Waals surface area (Å²) in [5.74, 6) is -0.795. The van der Waals surface area contributed by atoms with Gasteiger partial charge >= 0.3 is 5.97 Å². The van der Waals surface area contributed by atoms with Gasteiger partial charge < -0.3 is 10.1 Å². The highest BCUT2D eigenvalue weighted by Gasteiger charge is 2.13. The van der Waals surface area contributed by atoms with E-state index in [2.05, 4.69) is 15.4 Å². The van der Waals surface area contributed by atoms with Crippen molar-refractivity contribution in [3.63, 3.8) is 0 Å². The Morgan fingerprint density at radius 1 is 1.03 bits per heavy atom. The van der Waals surface area contributed by atoms with Gasteiger partial charge in [0.2, 0.25) is 4.96 Å². The van der Waals surface area contributed by atoms with Crippen molar-refractivity contribution in [2.75, 3.05) is 5.32 Å². The van der Waals surface area contributed by atoms with Crippen LogP contribution >= 0.6 is 11.3 Å². The van der Waals surface area contributed by atoms with Gasteiger partial charge in [-0.3, -0.25) is 9.59 Å². The molecule has 5 rings (SSSR count). The molecule has 0 fully saturated rings. The molecule has 0 radical (unpaired) electrons. The zero-order valence-corrected chi connectivity index (χ0v) is 19.5. The molecular weight excluding hydrogens is 464 g/mol. The molecule has 0 aliphatic carbocycles. The Kier molecular flexibility index (Phi) is 6.07. The maximum atomic E-state index is 12.8. The van der Waals surface area contributed by atoms with Crippen molar-refractivity contribution in [2.24, 2.45) is 0 Å². The van der Waals surface area contributed by atoms with Gasteiger partial charge in [-0.05, 0) is 47.5 Å². The number of hydrogen-bond donors (Lipinski definition) is 1. The van der Waals surface area contributed by atoms with Crippen LogP contribution in [0.3, 0.4) is 0 Å². The lowest BCUT2D eigenvalue weighted by Gasteiger charge is -2.09. The van der Waals surface area contributed by atoms with Crippen LogP contribution in [0.4, 0.5) is 5.69 Å². The molecule has 2 heterocycles. The van der Waals surface area contributed by atoms with E-state index in [0.29, 0.717) is 33.9 Å². The Morgan fingerprint density at radius 2 is 1.80 bits per heavy atom. The van der Waals surface area contributed by atoms with Gasteiger partial charge in [-0.1, -0.05) is 54.7 Å². The monoisotopic (exact) mass is 484 g/mol. The molecule has 35 heavy (non-hydrogen) atoms. The van der Waals surface area contributed by atoms with Gasteiger partial charge in [0.25, 0.3) is 11.5 Å². The zero-order valence-electron chi connectivity index (χ0n) is 18.7. The third kappa shape index (κ3) is 4.67. The van der Waals surface area contributed by atoms with Gasteiger partial charge in [0.05, 0.1) is 11.3 Å². The largest absolute Gasteiger partial charge is 0.456 e. The number of ether oxygens (including phenoxy) is 1. The Hall–Kier alpha value is -4.37. The lowest BCUT2D eigenvalue weighted by Crippen LogP contribution is -2.16. The molecule has 174 valence electrons. The predicted molar refractivity (Wildman–Crippen MR) is 134 cm³/mol. The lowest BCUT2D eigenvalue weighted by molar-refractivity contribution is 0.0467. The molecule has 0 atom stereocenters. The van der Waals surface area contributed by atoms with Crippen molar-refractivity contribution >= 4 is 44.6 Å². The molecule has 1 N–H and O–H groups in total. The molecule has 0 unspecified atom stereocenters. The van der Waals surface area contributed by atoms with E-state index in [1.165, 1.54) is 21.9 Å².